The standard InChI is InChI=1S/C26H24O5S.H2/c1-17-19(4-3-5-22(17)18-6-9-21(10-7-18)32(2,28)29)14-25(27)26(12-13-26)20-8-11-23-24(15-20)31-16-30-23;/h3-11,15H,12-14,16H2,1-2H3;1H. The zero-order valence-corrected chi connectivity index (χ0v) is 18.9. The van der Waals surface area contributed by atoms with Crippen molar-refractivity contribution in [2.24, 2.45) is 0 Å². The number of carbonyl (C=O) groups excluding carboxylic acids is 1. The first kappa shape index (κ1) is 20.8. The van der Waals surface area contributed by atoms with Crippen molar-refractivity contribution in [1.29, 1.82) is 0 Å². The second-order valence-corrected chi connectivity index (χ2v) is 10.7. The Labute approximate surface area is 189 Å². The minimum atomic E-state index is -3.24. The molecule has 6 heteroatoms. The van der Waals surface area contributed by atoms with Gasteiger partial charge in [-0.1, -0.05) is 36.4 Å². The molecule has 32 heavy (non-hydrogen) atoms. The maximum absolute atomic E-state index is 13.4. The Bertz CT molecular complexity index is 1330. The number of hydrogen-bond donors (Lipinski definition) is 0. The lowest BCUT2D eigenvalue weighted by molar-refractivity contribution is -0.120. The average Bonchev–Trinajstić information content (AvgIpc) is 3.45. The fourth-order valence-electron chi connectivity index (χ4n) is 4.46. The van der Waals surface area contributed by atoms with Crippen LogP contribution in [0.15, 0.2) is 65.6 Å². The van der Waals surface area contributed by atoms with E-state index in [4.69, 9.17) is 9.47 Å². The second-order valence-electron chi connectivity index (χ2n) is 8.64. The molecule has 0 amide bonds. The third kappa shape index (κ3) is 3.58. The molecular formula is C26H26O5S. The predicted octanol–water partition coefficient (Wildman–Crippen LogP) is 4.88. The fraction of sp³-hybridized carbons (Fsp3) is 0.269. The molecule has 166 valence electrons. The molecule has 1 aliphatic heterocycles. The van der Waals surface area contributed by atoms with Crippen LogP contribution in [0, 0.1) is 6.92 Å². The lowest BCUT2D eigenvalue weighted by Crippen LogP contribution is -2.23. The van der Waals surface area contributed by atoms with Gasteiger partial charge in [-0.2, -0.15) is 0 Å². The van der Waals surface area contributed by atoms with Crippen LogP contribution in [-0.4, -0.2) is 27.2 Å². The molecule has 3 aromatic rings. The van der Waals surface area contributed by atoms with E-state index in [1.165, 1.54) is 6.26 Å². The first-order valence-corrected chi connectivity index (χ1v) is 12.5. The third-order valence-corrected chi connectivity index (χ3v) is 7.73. The van der Waals surface area contributed by atoms with Crippen molar-refractivity contribution in [1.82, 2.24) is 0 Å². The molecule has 1 saturated carbocycles. The molecular weight excluding hydrogens is 424 g/mol. The zero-order valence-electron chi connectivity index (χ0n) is 18.1. The number of ether oxygens (including phenoxy) is 2. The van der Waals surface area contributed by atoms with Crippen LogP contribution < -0.4 is 9.47 Å². The fourth-order valence-corrected chi connectivity index (χ4v) is 5.09. The Hall–Kier alpha value is -3.12. The number of benzene rings is 3. The SMILES string of the molecule is Cc1c(CC(=O)C2(c3ccc4c(c3)OCO4)CC2)cccc1-c1ccc(S(C)(=O)=O)cc1.[HH]. The summed E-state index contributed by atoms with van der Waals surface area (Å²) in [5, 5.41) is 0. The van der Waals surface area contributed by atoms with E-state index >= 15 is 0 Å². The Morgan fingerprint density at radius 2 is 1.72 bits per heavy atom. The molecule has 2 aliphatic rings. The van der Waals surface area contributed by atoms with Crippen molar-refractivity contribution >= 4 is 15.6 Å². The highest BCUT2D eigenvalue weighted by Crippen LogP contribution is 2.51. The highest BCUT2D eigenvalue weighted by molar-refractivity contribution is 7.90. The van der Waals surface area contributed by atoms with Crippen molar-refractivity contribution in [2.75, 3.05) is 13.0 Å². The normalized spacial score (nSPS) is 16.1. The molecule has 0 bridgehead atoms. The molecule has 1 heterocycles. The van der Waals surface area contributed by atoms with Gasteiger partial charge in [0.2, 0.25) is 6.79 Å². The zero-order chi connectivity index (χ0) is 22.5. The van der Waals surface area contributed by atoms with Crippen LogP contribution >= 0.6 is 0 Å². The van der Waals surface area contributed by atoms with Gasteiger partial charge in [-0.25, -0.2) is 8.42 Å². The largest absolute Gasteiger partial charge is 0.454 e. The number of Topliss-reactive ketones (excluding diaryl/α,β-unsaturated/α-hetero) is 1. The molecule has 0 unspecified atom stereocenters. The summed E-state index contributed by atoms with van der Waals surface area (Å²) in [4.78, 5) is 13.7. The highest BCUT2D eigenvalue weighted by Gasteiger charge is 2.50. The topological polar surface area (TPSA) is 69.7 Å². The van der Waals surface area contributed by atoms with Gasteiger partial charge in [0.05, 0.1) is 10.3 Å². The van der Waals surface area contributed by atoms with E-state index in [0.29, 0.717) is 17.1 Å². The summed E-state index contributed by atoms with van der Waals surface area (Å²) in [7, 11) is -3.24. The van der Waals surface area contributed by atoms with E-state index in [1.54, 1.807) is 12.1 Å². The van der Waals surface area contributed by atoms with Crippen LogP contribution in [-0.2, 0) is 26.5 Å². The molecule has 1 fully saturated rings. The second kappa shape index (κ2) is 7.48. The maximum Gasteiger partial charge on any atom is 0.231 e. The predicted molar refractivity (Wildman–Crippen MR) is 124 cm³/mol. The first-order valence-electron chi connectivity index (χ1n) is 10.6. The minimum absolute atomic E-state index is 0. The Balaban J connectivity index is 0.00000259. The van der Waals surface area contributed by atoms with Crippen molar-refractivity contribution in [3.05, 3.63) is 77.4 Å². The van der Waals surface area contributed by atoms with Gasteiger partial charge in [0.25, 0.3) is 0 Å². The van der Waals surface area contributed by atoms with Crippen molar-refractivity contribution in [2.45, 2.75) is 36.5 Å². The van der Waals surface area contributed by atoms with Crippen LogP contribution in [0.2, 0.25) is 0 Å². The van der Waals surface area contributed by atoms with Gasteiger partial charge in [-0.3, -0.25) is 4.79 Å². The first-order chi connectivity index (χ1) is 15.3. The third-order valence-electron chi connectivity index (χ3n) is 6.60. The summed E-state index contributed by atoms with van der Waals surface area (Å²) in [6, 6.07) is 18.7. The Kier molecular flexibility index (Phi) is 4.86. The van der Waals surface area contributed by atoms with Gasteiger partial charge in [0, 0.05) is 14.1 Å². The van der Waals surface area contributed by atoms with E-state index in [1.807, 2.05) is 55.5 Å². The van der Waals surface area contributed by atoms with Gasteiger partial charge in [-0.15, -0.1) is 0 Å². The van der Waals surface area contributed by atoms with E-state index in [9.17, 15) is 13.2 Å². The quantitative estimate of drug-likeness (QED) is 0.535. The van der Waals surface area contributed by atoms with E-state index < -0.39 is 15.3 Å². The Morgan fingerprint density at radius 1 is 1.00 bits per heavy atom. The molecule has 1 aliphatic carbocycles. The summed E-state index contributed by atoms with van der Waals surface area (Å²) in [6.45, 7) is 2.24. The minimum Gasteiger partial charge on any atom is -0.454 e. The van der Waals surface area contributed by atoms with Gasteiger partial charge in [0.1, 0.15) is 5.78 Å². The van der Waals surface area contributed by atoms with Crippen LogP contribution in [0.3, 0.4) is 0 Å². The van der Waals surface area contributed by atoms with Crippen molar-refractivity contribution < 1.29 is 24.1 Å². The van der Waals surface area contributed by atoms with Crippen LogP contribution in [0.4, 0.5) is 0 Å². The summed E-state index contributed by atoms with van der Waals surface area (Å²) in [5.74, 6) is 1.64. The molecule has 0 radical (unpaired) electrons. The molecule has 0 spiro atoms. The molecule has 0 aromatic heterocycles. The van der Waals surface area contributed by atoms with Crippen molar-refractivity contribution in [3.63, 3.8) is 0 Å². The number of carbonyl (C=O) groups is 1. The molecule has 0 atom stereocenters. The highest BCUT2D eigenvalue weighted by atomic mass is 32.2. The van der Waals surface area contributed by atoms with Crippen molar-refractivity contribution in [3.8, 4) is 22.6 Å². The molecule has 5 nitrogen and oxygen atoms in total. The average molecular weight is 451 g/mol. The number of sulfone groups is 1. The lowest BCUT2D eigenvalue weighted by atomic mass is 9.86. The van der Waals surface area contributed by atoms with Gasteiger partial charge < -0.3 is 9.47 Å². The molecule has 0 saturated heterocycles. The van der Waals surface area contributed by atoms with Gasteiger partial charge >= 0.3 is 0 Å². The Morgan fingerprint density at radius 3 is 2.41 bits per heavy atom. The van der Waals surface area contributed by atoms with E-state index in [0.717, 1.165) is 46.4 Å². The number of ketones is 1. The molecule has 5 rings (SSSR count). The van der Waals surface area contributed by atoms with Crippen LogP contribution in [0.5, 0.6) is 11.5 Å². The number of rotatable bonds is 6. The molecule has 0 N–H and O–H groups in total. The van der Waals surface area contributed by atoms with Crippen LogP contribution in [0.25, 0.3) is 11.1 Å². The monoisotopic (exact) mass is 450 g/mol. The number of hydrogen-bond acceptors (Lipinski definition) is 5. The van der Waals surface area contributed by atoms with Gasteiger partial charge in [-0.05, 0) is 71.8 Å². The van der Waals surface area contributed by atoms with E-state index in [2.05, 4.69) is 0 Å². The lowest BCUT2D eigenvalue weighted by Gasteiger charge is -2.17. The van der Waals surface area contributed by atoms with Gasteiger partial charge in [0.15, 0.2) is 21.3 Å². The molecule has 3 aromatic carbocycles. The summed E-state index contributed by atoms with van der Waals surface area (Å²) < 4.78 is 34.4. The smallest absolute Gasteiger partial charge is 0.231 e. The van der Waals surface area contributed by atoms with E-state index in [-0.39, 0.29) is 14.0 Å². The summed E-state index contributed by atoms with van der Waals surface area (Å²) in [6.07, 6.45) is 3.25. The summed E-state index contributed by atoms with van der Waals surface area (Å²) in [5.41, 5.74) is 4.52. The van der Waals surface area contributed by atoms with Crippen LogP contribution in [0.1, 0.15) is 31.0 Å². The maximum atomic E-state index is 13.4. The number of fused-ring (bicyclic) bond motifs is 1. The summed E-state index contributed by atoms with van der Waals surface area (Å²) >= 11 is 0.